The van der Waals surface area contributed by atoms with Gasteiger partial charge < -0.3 is 0 Å². The average molecular weight is 343 g/mol. The van der Waals surface area contributed by atoms with Crippen LogP contribution >= 0.6 is 47.8 Å². The number of hydrogen-bond acceptors (Lipinski definition) is 0. The van der Waals surface area contributed by atoms with Gasteiger partial charge in [-0.05, 0) is 0 Å². The van der Waals surface area contributed by atoms with E-state index in [4.69, 9.17) is 0 Å². The second kappa shape index (κ2) is 3.00. The van der Waals surface area contributed by atoms with Crippen LogP contribution in [-0.4, -0.2) is 9.65 Å². The van der Waals surface area contributed by atoms with Crippen molar-refractivity contribution in [3.8, 4) is 0 Å². The zero-order valence-electron chi connectivity index (χ0n) is 5.68. The van der Waals surface area contributed by atoms with E-state index in [1.807, 2.05) is 0 Å². The van der Waals surface area contributed by atoms with E-state index in [0.717, 1.165) is 0 Å². The van der Waals surface area contributed by atoms with E-state index in [1.165, 1.54) is 4.48 Å². The number of hydrogen-bond donors (Lipinski definition) is 0. The Kier molecular flexibility index (Phi) is 2.32. The van der Waals surface area contributed by atoms with Crippen LogP contribution in [0.3, 0.4) is 0 Å². The number of halogens is 3. The molecule has 3 rings (SSSR count). The molecular weight excluding hydrogens is 336 g/mol. The molecule has 0 amide bonds. The van der Waals surface area contributed by atoms with Gasteiger partial charge in [0.1, 0.15) is 0 Å². The third-order valence-electron chi connectivity index (χ3n) is 2.30. The van der Waals surface area contributed by atoms with Crippen LogP contribution in [0.4, 0.5) is 0 Å². The highest BCUT2D eigenvalue weighted by atomic mass is 79.9. The van der Waals surface area contributed by atoms with Gasteiger partial charge in [-0.3, -0.25) is 0 Å². The fraction of sp³-hybridized carbons (Fsp3) is 0.500. The summed E-state index contributed by atoms with van der Waals surface area (Å²) in [6, 6.07) is 0. The van der Waals surface area contributed by atoms with E-state index in [1.54, 1.807) is 0 Å². The quantitative estimate of drug-likeness (QED) is 0.590. The summed E-state index contributed by atoms with van der Waals surface area (Å²) in [6.07, 6.45) is 6.65. The largest absolute Gasteiger partial charge is 0.0877 e. The minimum Gasteiger partial charge on any atom is -0.0877 e. The number of rotatable bonds is 0. The first-order chi connectivity index (χ1) is 5.20. The van der Waals surface area contributed by atoms with Crippen LogP contribution in [0.2, 0.25) is 0 Å². The van der Waals surface area contributed by atoms with Crippen LogP contribution in [0, 0.1) is 11.8 Å². The van der Waals surface area contributed by atoms with Gasteiger partial charge in [0, 0.05) is 26.0 Å². The lowest BCUT2D eigenvalue weighted by atomic mass is 9.75. The molecule has 0 aromatic heterocycles. The first-order valence-corrected chi connectivity index (χ1v) is 6.16. The third-order valence-corrected chi connectivity index (χ3v) is 5.27. The Bertz CT molecular complexity index is 221. The highest BCUT2D eigenvalue weighted by Gasteiger charge is 2.45. The van der Waals surface area contributed by atoms with Crippen LogP contribution < -0.4 is 0 Å². The van der Waals surface area contributed by atoms with Crippen LogP contribution in [-0.2, 0) is 0 Å². The van der Waals surface area contributed by atoms with Crippen LogP contribution in [0.25, 0.3) is 0 Å². The van der Waals surface area contributed by atoms with E-state index in [9.17, 15) is 0 Å². The summed E-state index contributed by atoms with van der Waals surface area (Å²) in [4.78, 5) is 1.25. The maximum atomic E-state index is 3.67. The normalized spacial score (nSPS) is 47.7. The molecule has 0 saturated heterocycles. The fourth-order valence-electron chi connectivity index (χ4n) is 1.56. The molecule has 0 N–H and O–H groups in total. The van der Waals surface area contributed by atoms with Gasteiger partial charge in [-0.1, -0.05) is 66.0 Å². The van der Waals surface area contributed by atoms with Crippen molar-refractivity contribution in [3.05, 3.63) is 22.7 Å². The molecule has 1 saturated carbocycles. The molecule has 3 aliphatic rings. The zero-order chi connectivity index (χ0) is 8.01. The predicted molar refractivity (Wildman–Crippen MR) is 58.6 cm³/mol. The molecule has 2 bridgehead atoms. The van der Waals surface area contributed by atoms with Gasteiger partial charge in [-0.25, -0.2) is 0 Å². The van der Waals surface area contributed by atoms with Gasteiger partial charge in [-0.2, -0.15) is 0 Å². The summed E-state index contributed by atoms with van der Waals surface area (Å²) in [5, 5.41) is 0. The molecule has 60 valence electrons. The fourth-order valence-corrected chi connectivity index (χ4v) is 4.81. The van der Waals surface area contributed by atoms with Crippen LogP contribution in [0.15, 0.2) is 22.7 Å². The molecule has 0 aromatic rings. The number of fused-ring (bicyclic) bond motifs is 1. The second-order valence-corrected chi connectivity index (χ2v) is 5.98. The standard InChI is InChI=1S/C8H7Br3/c9-4-1-2-5-7(10)6(3-4)8(5)11/h1-3,5-8H/t5?,6?,7-,8?/m0/s1. The topological polar surface area (TPSA) is 0 Å². The highest BCUT2D eigenvalue weighted by Crippen LogP contribution is 2.49. The molecular formula is C8H7Br3. The van der Waals surface area contributed by atoms with Gasteiger partial charge in [0.25, 0.3) is 0 Å². The molecule has 0 spiro atoms. The summed E-state index contributed by atoms with van der Waals surface area (Å²) < 4.78 is 1.20. The molecule has 0 nitrogen and oxygen atoms in total. The lowest BCUT2D eigenvalue weighted by Crippen LogP contribution is -2.46. The van der Waals surface area contributed by atoms with Crippen molar-refractivity contribution < 1.29 is 0 Å². The van der Waals surface area contributed by atoms with Crippen LogP contribution in [0.1, 0.15) is 0 Å². The average Bonchev–Trinajstić information content (AvgIpc) is 2.21. The Morgan fingerprint density at radius 1 is 1.09 bits per heavy atom. The smallest absolute Gasteiger partial charge is 0.0293 e. The summed E-state index contributed by atoms with van der Waals surface area (Å²) in [7, 11) is 0. The molecule has 11 heavy (non-hydrogen) atoms. The van der Waals surface area contributed by atoms with Crippen molar-refractivity contribution >= 4 is 47.8 Å². The Hall–Kier alpha value is 0.920. The second-order valence-electron chi connectivity index (χ2n) is 2.95. The Morgan fingerprint density at radius 2 is 1.73 bits per heavy atom. The van der Waals surface area contributed by atoms with Crippen molar-refractivity contribution in [3.63, 3.8) is 0 Å². The molecule has 3 aliphatic carbocycles. The zero-order valence-corrected chi connectivity index (χ0v) is 10.4. The Labute approximate surface area is 91.5 Å². The summed E-state index contributed by atoms with van der Waals surface area (Å²) in [5.41, 5.74) is 0. The lowest BCUT2D eigenvalue weighted by Gasteiger charge is -2.42. The predicted octanol–water partition coefficient (Wildman–Crippen LogP) is 3.61. The van der Waals surface area contributed by atoms with Crippen LogP contribution in [0.5, 0.6) is 0 Å². The summed E-state index contributed by atoms with van der Waals surface area (Å²) in [5.74, 6) is 1.30. The molecule has 3 unspecified atom stereocenters. The Morgan fingerprint density at radius 3 is 2.36 bits per heavy atom. The minimum atomic E-state index is 0.623. The van der Waals surface area contributed by atoms with Crippen molar-refractivity contribution in [1.82, 2.24) is 0 Å². The maximum absolute atomic E-state index is 3.67. The van der Waals surface area contributed by atoms with Gasteiger partial charge in [0.15, 0.2) is 0 Å². The van der Waals surface area contributed by atoms with Gasteiger partial charge >= 0.3 is 0 Å². The van der Waals surface area contributed by atoms with E-state index in [-0.39, 0.29) is 0 Å². The first-order valence-electron chi connectivity index (χ1n) is 3.54. The monoisotopic (exact) mass is 340 g/mol. The highest BCUT2D eigenvalue weighted by molar-refractivity contribution is 9.12. The molecule has 0 heterocycles. The van der Waals surface area contributed by atoms with Gasteiger partial charge in [-0.15, -0.1) is 0 Å². The molecule has 0 aromatic carbocycles. The Balaban J connectivity index is 2.30. The lowest BCUT2D eigenvalue weighted by molar-refractivity contribution is 0.345. The SMILES string of the molecule is BrC1=CC2C(Br)C(C=C1)[C@@H]2Br. The molecule has 0 aliphatic heterocycles. The summed E-state index contributed by atoms with van der Waals surface area (Å²) >= 11 is 10.8. The maximum Gasteiger partial charge on any atom is 0.0293 e. The van der Waals surface area contributed by atoms with Gasteiger partial charge in [0.2, 0.25) is 0 Å². The molecule has 4 atom stereocenters. The van der Waals surface area contributed by atoms with E-state index < -0.39 is 0 Å². The number of allylic oxidation sites excluding steroid dienone is 4. The van der Waals surface area contributed by atoms with Crippen molar-refractivity contribution in [2.24, 2.45) is 11.8 Å². The first kappa shape index (κ1) is 8.52. The van der Waals surface area contributed by atoms with Crippen molar-refractivity contribution in [2.45, 2.75) is 9.65 Å². The molecule has 3 heteroatoms. The third kappa shape index (κ3) is 1.29. The van der Waals surface area contributed by atoms with Gasteiger partial charge in [0.05, 0.1) is 0 Å². The number of alkyl halides is 2. The van der Waals surface area contributed by atoms with E-state index in [0.29, 0.717) is 21.5 Å². The van der Waals surface area contributed by atoms with Crippen molar-refractivity contribution in [1.29, 1.82) is 0 Å². The van der Waals surface area contributed by atoms with E-state index in [2.05, 4.69) is 66.0 Å². The van der Waals surface area contributed by atoms with E-state index >= 15 is 0 Å². The minimum absolute atomic E-state index is 0.623. The summed E-state index contributed by atoms with van der Waals surface area (Å²) in [6.45, 7) is 0. The molecule has 0 radical (unpaired) electrons. The van der Waals surface area contributed by atoms with Crippen molar-refractivity contribution in [2.75, 3.05) is 0 Å². The molecule has 1 fully saturated rings.